The van der Waals surface area contributed by atoms with Gasteiger partial charge in [-0.3, -0.25) is 11.5 Å². The maximum absolute atomic E-state index is 5.94. The predicted molar refractivity (Wildman–Crippen MR) is 76.1 cm³/mol. The Morgan fingerprint density at radius 1 is 0.722 bits per heavy atom. The summed E-state index contributed by atoms with van der Waals surface area (Å²) in [5, 5.41) is 0. The maximum Gasteiger partial charge on any atom is 0.134 e. The second-order valence-electron chi connectivity index (χ2n) is 4.31. The van der Waals surface area contributed by atoms with E-state index < -0.39 is 6.29 Å². The van der Waals surface area contributed by atoms with E-state index in [1.807, 2.05) is 41.3 Å². The molecule has 18 heavy (non-hydrogen) atoms. The van der Waals surface area contributed by atoms with E-state index in [0.29, 0.717) is 0 Å². The molecule has 2 aromatic carbocycles. The quantitative estimate of drug-likeness (QED) is 0.749. The lowest BCUT2D eigenvalue weighted by atomic mass is 10.1. The number of para-hydroxylation sites is 2. The second-order valence-corrected chi connectivity index (χ2v) is 4.31. The van der Waals surface area contributed by atoms with Gasteiger partial charge in [-0.25, -0.2) is 0 Å². The summed E-state index contributed by atoms with van der Waals surface area (Å²) >= 11 is 0. The molecule has 0 fully saturated rings. The number of nitrogens with two attached hydrogens (primary N) is 2. The first-order chi connectivity index (χ1) is 8.77. The molecule has 0 aliphatic carbocycles. The Labute approximate surface area is 106 Å². The van der Waals surface area contributed by atoms with Gasteiger partial charge in [0.05, 0.1) is 11.4 Å². The topological polar surface area (TPSA) is 55.3 Å². The van der Waals surface area contributed by atoms with Crippen molar-refractivity contribution in [1.29, 1.82) is 0 Å². The standard InChI is InChI=1S/C15H15N3/c16-15(17)18-13-7-3-1-5-11(13)9-10-12-6-2-4-8-14(12)18/h1-10,15H,16-17H2. The van der Waals surface area contributed by atoms with Gasteiger partial charge >= 0.3 is 0 Å². The smallest absolute Gasteiger partial charge is 0.134 e. The Kier molecular flexibility index (Phi) is 2.63. The summed E-state index contributed by atoms with van der Waals surface area (Å²) in [4.78, 5) is 1.96. The maximum atomic E-state index is 5.94. The minimum absolute atomic E-state index is 0.563. The summed E-state index contributed by atoms with van der Waals surface area (Å²) in [6, 6.07) is 16.2. The van der Waals surface area contributed by atoms with Gasteiger partial charge in [-0.15, -0.1) is 0 Å². The predicted octanol–water partition coefficient (Wildman–Crippen LogP) is 2.51. The molecule has 0 atom stereocenters. The minimum Gasteiger partial charge on any atom is -0.312 e. The van der Waals surface area contributed by atoms with E-state index in [9.17, 15) is 0 Å². The third-order valence-corrected chi connectivity index (χ3v) is 3.13. The molecule has 0 radical (unpaired) electrons. The third kappa shape index (κ3) is 1.70. The Morgan fingerprint density at radius 3 is 1.61 bits per heavy atom. The summed E-state index contributed by atoms with van der Waals surface area (Å²) in [5.41, 5.74) is 16.2. The van der Waals surface area contributed by atoms with Crippen molar-refractivity contribution in [3.63, 3.8) is 0 Å². The van der Waals surface area contributed by atoms with Crippen LogP contribution in [0.3, 0.4) is 0 Å². The zero-order chi connectivity index (χ0) is 12.5. The molecule has 3 nitrogen and oxygen atoms in total. The molecule has 3 rings (SSSR count). The summed E-state index contributed by atoms with van der Waals surface area (Å²) in [5.74, 6) is 0. The zero-order valence-corrected chi connectivity index (χ0v) is 9.95. The Hall–Kier alpha value is -2.10. The van der Waals surface area contributed by atoms with Crippen LogP contribution in [0.5, 0.6) is 0 Å². The van der Waals surface area contributed by atoms with Gasteiger partial charge < -0.3 is 4.90 Å². The molecule has 4 N–H and O–H groups in total. The fourth-order valence-electron chi connectivity index (χ4n) is 2.33. The van der Waals surface area contributed by atoms with Crippen LogP contribution in [0.25, 0.3) is 12.2 Å². The van der Waals surface area contributed by atoms with Crippen LogP contribution in [-0.4, -0.2) is 6.29 Å². The lowest BCUT2D eigenvalue weighted by molar-refractivity contribution is 0.716. The average molecular weight is 237 g/mol. The van der Waals surface area contributed by atoms with Gasteiger partial charge in [0, 0.05) is 0 Å². The third-order valence-electron chi connectivity index (χ3n) is 3.13. The normalized spacial score (nSPS) is 13.2. The van der Waals surface area contributed by atoms with Crippen LogP contribution in [0.2, 0.25) is 0 Å². The minimum atomic E-state index is -0.563. The highest BCUT2D eigenvalue weighted by Gasteiger charge is 2.20. The van der Waals surface area contributed by atoms with E-state index in [4.69, 9.17) is 11.5 Å². The number of fused-ring (bicyclic) bond motifs is 2. The van der Waals surface area contributed by atoms with Crippen molar-refractivity contribution < 1.29 is 0 Å². The molecule has 1 heterocycles. The van der Waals surface area contributed by atoms with Gasteiger partial charge in [0.2, 0.25) is 0 Å². The van der Waals surface area contributed by atoms with E-state index in [1.165, 1.54) is 0 Å². The molecule has 1 aliphatic heterocycles. The van der Waals surface area contributed by atoms with E-state index in [2.05, 4.69) is 24.3 Å². The number of anilines is 2. The SMILES string of the molecule is NC(N)N1c2ccccc2C=Cc2ccccc21. The molecule has 0 aromatic heterocycles. The molecule has 0 saturated carbocycles. The summed E-state index contributed by atoms with van der Waals surface area (Å²) in [6.45, 7) is 0. The van der Waals surface area contributed by atoms with Crippen molar-refractivity contribution in [3.8, 4) is 0 Å². The average Bonchev–Trinajstić information content (AvgIpc) is 2.55. The lowest BCUT2D eigenvalue weighted by Gasteiger charge is -2.29. The summed E-state index contributed by atoms with van der Waals surface area (Å²) < 4.78 is 0. The van der Waals surface area contributed by atoms with Gasteiger partial charge in [0.25, 0.3) is 0 Å². The van der Waals surface area contributed by atoms with E-state index in [0.717, 1.165) is 22.5 Å². The van der Waals surface area contributed by atoms with Crippen molar-refractivity contribution in [3.05, 3.63) is 59.7 Å². The molecule has 1 aliphatic rings. The highest BCUT2D eigenvalue weighted by atomic mass is 15.3. The molecular formula is C15H15N3. The van der Waals surface area contributed by atoms with Crippen LogP contribution in [0.1, 0.15) is 11.1 Å². The Balaban J connectivity index is 2.27. The Bertz CT molecular complexity index is 553. The molecule has 0 saturated heterocycles. The van der Waals surface area contributed by atoms with E-state index in [-0.39, 0.29) is 0 Å². The van der Waals surface area contributed by atoms with Crippen LogP contribution in [0, 0.1) is 0 Å². The van der Waals surface area contributed by atoms with Crippen molar-refractivity contribution in [2.45, 2.75) is 6.29 Å². The highest BCUT2D eigenvalue weighted by molar-refractivity contribution is 5.88. The first-order valence-corrected chi connectivity index (χ1v) is 5.94. The number of benzene rings is 2. The van der Waals surface area contributed by atoms with Gasteiger partial charge in [0.1, 0.15) is 6.29 Å². The van der Waals surface area contributed by atoms with Crippen LogP contribution >= 0.6 is 0 Å². The number of hydrogen-bond acceptors (Lipinski definition) is 3. The second kappa shape index (κ2) is 4.29. The molecule has 0 spiro atoms. The van der Waals surface area contributed by atoms with E-state index in [1.54, 1.807) is 0 Å². The molecule has 0 bridgehead atoms. The molecule has 0 amide bonds. The van der Waals surface area contributed by atoms with E-state index >= 15 is 0 Å². The first-order valence-electron chi connectivity index (χ1n) is 5.94. The fraction of sp³-hybridized carbons (Fsp3) is 0.0667. The highest BCUT2D eigenvalue weighted by Crippen LogP contribution is 2.35. The molecule has 2 aromatic rings. The number of rotatable bonds is 1. The molecule has 3 heteroatoms. The van der Waals surface area contributed by atoms with Gasteiger partial charge in [-0.2, -0.15) is 0 Å². The van der Waals surface area contributed by atoms with Gasteiger partial charge in [0.15, 0.2) is 0 Å². The number of nitrogens with zero attached hydrogens (tertiary/aromatic N) is 1. The molecule has 0 unspecified atom stereocenters. The summed E-state index contributed by atoms with van der Waals surface area (Å²) in [7, 11) is 0. The van der Waals surface area contributed by atoms with Crippen molar-refractivity contribution in [1.82, 2.24) is 0 Å². The van der Waals surface area contributed by atoms with Gasteiger partial charge in [-0.1, -0.05) is 48.6 Å². The Morgan fingerprint density at radius 2 is 1.17 bits per heavy atom. The van der Waals surface area contributed by atoms with Crippen LogP contribution in [0.4, 0.5) is 11.4 Å². The van der Waals surface area contributed by atoms with Crippen molar-refractivity contribution in [2.24, 2.45) is 11.5 Å². The van der Waals surface area contributed by atoms with Crippen molar-refractivity contribution >= 4 is 23.5 Å². The fourth-order valence-corrected chi connectivity index (χ4v) is 2.33. The zero-order valence-electron chi connectivity index (χ0n) is 9.95. The first kappa shape index (κ1) is 11.0. The molecule has 90 valence electrons. The van der Waals surface area contributed by atoms with Crippen molar-refractivity contribution in [2.75, 3.05) is 4.90 Å². The van der Waals surface area contributed by atoms with Gasteiger partial charge in [-0.05, 0) is 23.3 Å². The largest absolute Gasteiger partial charge is 0.312 e. The monoisotopic (exact) mass is 237 g/mol. The van der Waals surface area contributed by atoms with Crippen LogP contribution in [0.15, 0.2) is 48.5 Å². The number of hydrogen-bond donors (Lipinski definition) is 2. The molecular weight excluding hydrogens is 222 g/mol. The lowest BCUT2D eigenvalue weighted by Crippen LogP contribution is -2.46. The van der Waals surface area contributed by atoms with Crippen LogP contribution in [-0.2, 0) is 0 Å². The summed E-state index contributed by atoms with van der Waals surface area (Å²) in [6.07, 6.45) is 3.62. The van der Waals surface area contributed by atoms with Crippen LogP contribution < -0.4 is 16.4 Å².